The van der Waals surface area contributed by atoms with Gasteiger partial charge in [0, 0.05) is 49.6 Å². The Morgan fingerprint density at radius 2 is 1.89 bits per heavy atom. The van der Waals surface area contributed by atoms with Crippen molar-refractivity contribution < 1.29 is 29.3 Å². The van der Waals surface area contributed by atoms with Crippen molar-refractivity contribution in [2.75, 3.05) is 32.7 Å². The molecule has 0 aromatic carbocycles. The monoisotopic (exact) mass is 615 g/mol. The zero-order chi connectivity index (χ0) is 32.1. The topological polar surface area (TPSA) is 148 Å². The van der Waals surface area contributed by atoms with Gasteiger partial charge in [-0.25, -0.2) is 4.79 Å². The molecular formula is C33H53N5O6. The minimum Gasteiger partial charge on any atom is -0.457 e. The van der Waals surface area contributed by atoms with Crippen LogP contribution >= 0.6 is 0 Å². The van der Waals surface area contributed by atoms with Crippen LogP contribution < -0.4 is 0 Å². The second-order valence-corrected chi connectivity index (χ2v) is 13.1. The molecule has 44 heavy (non-hydrogen) atoms. The largest absolute Gasteiger partial charge is 0.457 e. The Hall–Kier alpha value is -2.85. The molecule has 6 atom stereocenters. The zero-order valence-electron chi connectivity index (χ0n) is 27.0. The number of rotatable bonds is 7. The molecule has 2 fully saturated rings. The highest BCUT2D eigenvalue weighted by Gasteiger charge is 2.37. The Labute approximate surface area is 262 Å². The highest BCUT2D eigenvalue weighted by atomic mass is 16.6. The lowest BCUT2D eigenvalue weighted by atomic mass is 9.89. The maximum atomic E-state index is 13.3. The molecule has 3 aliphatic rings. The van der Waals surface area contributed by atoms with E-state index < -0.39 is 36.0 Å². The second-order valence-electron chi connectivity index (χ2n) is 13.1. The summed E-state index contributed by atoms with van der Waals surface area (Å²) in [5, 5.41) is 25.6. The number of amides is 1. The lowest BCUT2D eigenvalue weighted by Crippen LogP contribution is -2.53. The first-order chi connectivity index (χ1) is 21.0. The van der Waals surface area contributed by atoms with Gasteiger partial charge in [-0.1, -0.05) is 68.9 Å². The van der Waals surface area contributed by atoms with Gasteiger partial charge in [-0.3, -0.25) is 9.69 Å². The molecule has 0 unspecified atom stereocenters. The van der Waals surface area contributed by atoms with Gasteiger partial charge in [0.25, 0.3) is 0 Å². The van der Waals surface area contributed by atoms with Gasteiger partial charge in [0.1, 0.15) is 11.7 Å². The van der Waals surface area contributed by atoms with Gasteiger partial charge in [0.15, 0.2) is 6.10 Å². The Morgan fingerprint density at radius 1 is 1.20 bits per heavy atom. The van der Waals surface area contributed by atoms with Crippen LogP contribution in [0.2, 0.25) is 0 Å². The Kier molecular flexibility index (Phi) is 14.2. The van der Waals surface area contributed by atoms with Crippen LogP contribution in [0, 0.1) is 11.8 Å². The molecule has 1 saturated heterocycles. The lowest BCUT2D eigenvalue weighted by Gasteiger charge is -2.40. The summed E-state index contributed by atoms with van der Waals surface area (Å²) in [6.07, 6.45) is 13.7. The molecule has 246 valence electrons. The van der Waals surface area contributed by atoms with Gasteiger partial charge in [-0.05, 0) is 62.6 Å². The third-order valence-electron chi connectivity index (χ3n) is 9.15. The van der Waals surface area contributed by atoms with Crippen LogP contribution in [-0.4, -0.2) is 94.8 Å². The number of azide groups is 1. The summed E-state index contributed by atoms with van der Waals surface area (Å²) in [4.78, 5) is 33.1. The van der Waals surface area contributed by atoms with Gasteiger partial charge in [0.2, 0.25) is 0 Å². The van der Waals surface area contributed by atoms with Gasteiger partial charge < -0.3 is 24.6 Å². The fourth-order valence-corrected chi connectivity index (χ4v) is 6.24. The summed E-state index contributed by atoms with van der Waals surface area (Å²) in [6, 6.07) is 0.592. The summed E-state index contributed by atoms with van der Waals surface area (Å²) in [5.41, 5.74) is 7.86. The van der Waals surface area contributed by atoms with Crippen molar-refractivity contribution in [3.8, 4) is 0 Å². The van der Waals surface area contributed by atoms with Gasteiger partial charge >= 0.3 is 12.1 Å². The van der Waals surface area contributed by atoms with Crippen LogP contribution in [0.25, 0.3) is 10.4 Å². The van der Waals surface area contributed by atoms with E-state index >= 15 is 0 Å². The molecule has 2 heterocycles. The zero-order valence-corrected chi connectivity index (χ0v) is 27.0. The molecule has 0 bridgehead atoms. The molecule has 0 radical (unpaired) electrons. The highest BCUT2D eigenvalue weighted by molar-refractivity contribution is 5.70. The predicted octanol–water partition coefficient (Wildman–Crippen LogP) is 5.68. The van der Waals surface area contributed by atoms with Crippen molar-refractivity contribution in [2.24, 2.45) is 17.0 Å². The van der Waals surface area contributed by atoms with E-state index in [1.54, 1.807) is 17.9 Å². The Balaban J connectivity index is 1.73. The maximum absolute atomic E-state index is 13.3. The van der Waals surface area contributed by atoms with Crippen LogP contribution in [0.15, 0.2) is 41.1 Å². The molecule has 2 aliphatic heterocycles. The molecule has 1 amide bonds. The van der Waals surface area contributed by atoms with Crippen LogP contribution in [0.1, 0.15) is 85.5 Å². The summed E-state index contributed by atoms with van der Waals surface area (Å²) < 4.78 is 11.8. The van der Waals surface area contributed by atoms with Gasteiger partial charge in [-0.2, -0.15) is 0 Å². The van der Waals surface area contributed by atoms with Crippen molar-refractivity contribution in [1.29, 1.82) is 0 Å². The summed E-state index contributed by atoms with van der Waals surface area (Å²) in [6.45, 7) is 10.4. The molecule has 1 aliphatic carbocycles. The minimum absolute atomic E-state index is 0.0405. The number of carbonyl (C=O) groups is 2. The molecule has 11 nitrogen and oxygen atoms in total. The van der Waals surface area contributed by atoms with E-state index in [1.807, 2.05) is 45.1 Å². The predicted molar refractivity (Wildman–Crippen MR) is 170 cm³/mol. The van der Waals surface area contributed by atoms with Crippen molar-refractivity contribution in [3.63, 3.8) is 0 Å². The van der Waals surface area contributed by atoms with Gasteiger partial charge in [0.05, 0.1) is 12.5 Å². The molecule has 0 spiro atoms. The number of nitrogens with zero attached hydrogens (tertiary/aromatic N) is 5. The summed E-state index contributed by atoms with van der Waals surface area (Å²) >= 11 is 0. The number of esters is 1. The SMILES string of the molecule is C/C(=C\C=C\[C@@H](C)CN=[N+]=[N-])[C@H]1OC(=O)C[C@H](O)CC[C@@](C)(O)[C@@H](OC(=O)N2CCN(C3CCCCCC3)CC2)/C=C/[C@@H]1C. The fraction of sp³-hybridized carbons (Fsp3) is 0.758. The first-order valence-corrected chi connectivity index (χ1v) is 16.3. The smallest absolute Gasteiger partial charge is 0.410 e. The normalized spacial score (nSPS) is 32.0. The van der Waals surface area contributed by atoms with Crippen molar-refractivity contribution in [1.82, 2.24) is 9.80 Å². The van der Waals surface area contributed by atoms with Crippen LogP contribution in [0.4, 0.5) is 4.79 Å². The van der Waals surface area contributed by atoms with E-state index in [4.69, 9.17) is 15.0 Å². The number of cyclic esters (lactones) is 1. The quantitative estimate of drug-likeness (QED) is 0.0712. The third kappa shape index (κ3) is 11.3. The number of aliphatic hydroxyl groups excluding tert-OH is 1. The number of ether oxygens (including phenoxy) is 2. The summed E-state index contributed by atoms with van der Waals surface area (Å²) in [5.74, 6) is -0.804. The van der Waals surface area contributed by atoms with E-state index in [1.165, 1.54) is 38.5 Å². The minimum atomic E-state index is -1.46. The summed E-state index contributed by atoms with van der Waals surface area (Å²) in [7, 11) is 0. The average molecular weight is 616 g/mol. The number of piperazine rings is 1. The Bertz CT molecular complexity index is 1070. The lowest BCUT2D eigenvalue weighted by molar-refractivity contribution is -0.151. The molecule has 0 aromatic rings. The fourth-order valence-electron chi connectivity index (χ4n) is 6.24. The first kappa shape index (κ1) is 35.6. The number of hydrogen-bond acceptors (Lipinski definition) is 8. The second kappa shape index (κ2) is 17.6. The molecule has 1 saturated carbocycles. The van der Waals surface area contributed by atoms with Gasteiger partial charge in [-0.15, -0.1) is 0 Å². The Morgan fingerprint density at radius 3 is 2.55 bits per heavy atom. The number of carbonyl (C=O) groups excluding carboxylic acids is 2. The van der Waals surface area contributed by atoms with E-state index in [9.17, 15) is 19.8 Å². The van der Waals surface area contributed by atoms with E-state index in [0.29, 0.717) is 25.7 Å². The average Bonchev–Trinajstić information content (AvgIpc) is 3.29. The third-order valence-corrected chi connectivity index (χ3v) is 9.15. The molecule has 2 N–H and O–H groups in total. The van der Waals surface area contributed by atoms with Crippen LogP contribution in [0.3, 0.4) is 0 Å². The van der Waals surface area contributed by atoms with E-state index in [0.717, 1.165) is 18.7 Å². The molecular weight excluding hydrogens is 562 g/mol. The van der Waals surface area contributed by atoms with Crippen molar-refractivity contribution >= 4 is 12.1 Å². The van der Waals surface area contributed by atoms with Crippen molar-refractivity contribution in [3.05, 3.63) is 46.4 Å². The van der Waals surface area contributed by atoms with Crippen LogP contribution in [-0.2, 0) is 14.3 Å². The number of hydrogen-bond donors (Lipinski definition) is 2. The van der Waals surface area contributed by atoms with E-state index in [-0.39, 0.29) is 31.1 Å². The highest BCUT2D eigenvalue weighted by Crippen LogP contribution is 2.28. The molecule has 3 rings (SSSR count). The number of allylic oxidation sites excluding steroid dienone is 2. The van der Waals surface area contributed by atoms with Crippen LogP contribution in [0.5, 0.6) is 0 Å². The number of aliphatic hydroxyl groups is 2. The van der Waals surface area contributed by atoms with E-state index in [2.05, 4.69) is 14.9 Å². The van der Waals surface area contributed by atoms with Crippen molar-refractivity contribution in [2.45, 2.75) is 115 Å². The maximum Gasteiger partial charge on any atom is 0.410 e. The molecule has 0 aromatic heterocycles. The standard InChI is InChI=1S/C33H53N5O6/c1-24(23-35-36-34)10-9-11-25(2)31-26(3)14-15-29(33(4,42)17-16-28(39)22-30(40)44-31)43-32(41)38-20-18-37(19-21-38)27-12-7-5-6-8-13-27/h9-11,14-15,24,26-29,31,39,42H,5-8,12-13,16-23H2,1-4H3/b10-9+,15-14+,25-11+/t24-,26+,28-,29+,31-,33-/m1/s1. The first-order valence-electron chi connectivity index (χ1n) is 16.3. The molecule has 11 heteroatoms.